The first-order valence-electron chi connectivity index (χ1n) is 9.38. The molecule has 30 heavy (non-hydrogen) atoms. The monoisotopic (exact) mass is 435 g/mol. The van der Waals surface area contributed by atoms with Gasteiger partial charge in [0, 0.05) is 55.8 Å². The molecule has 1 rings (SSSR count). The number of likely N-dealkylation sites (N-methyl/N-ethyl adjacent to an activating group) is 1. The fraction of sp³-hybridized carbons (Fsp3) is 0.842. The van der Waals surface area contributed by atoms with E-state index in [0.29, 0.717) is 0 Å². The van der Waals surface area contributed by atoms with E-state index in [1.807, 2.05) is 0 Å². The van der Waals surface area contributed by atoms with Gasteiger partial charge in [-0.05, 0) is 0 Å². The molecule has 0 aliphatic carbocycles. The Kier molecular flexibility index (Phi) is 10.1. The van der Waals surface area contributed by atoms with Crippen molar-refractivity contribution in [2.45, 2.75) is 56.5 Å². The van der Waals surface area contributed by atoms with E-state index in [2.05, 4.69) is 0 Å². The van der Waals surface area contributed by atoms with Crippen molar-refractivity contribution < 1.29 is 47.5 Å². The molecule has 1 amide bonds. The molecule has 0 radical (unpaired) electrons. The maximum Gasteiger partial charge on any atom is 0.366 e. The molecule has 1 unspecified atom stereocenters. The SMILES string of the molecule is COC[C@@H](OC(C)=O)[C@H](OC)[C@@H]1OC(OC)(C(=O)OC)C[C@H](OC)[C@H]1N(C)C(C)=O. The topological polar surface area (TPSA) is 119 Å². The van der Waals surface area contributed by atoms with Crippen molar-refractivity contribution in [3.63, 3.8) is 0 Å². The van der Waals surface area contributed by atoms with Crippen molar-refractivity contribution in [1.82, 2.24) is 4.90 Å². The van der Waals surface area contributed by atoms with Crippen LogP contribution in [0.15, 0.2) is 0 Å². The molecular formula is C19H33NO10. The number of rotatable bonds is 10. The number of methoxy groups -OCH3 is 5. The number of ether oxygens (including phenoxy) is 7. The van der Waals surface area contributed by atoms with Crippen molar-refractivity contribution in [3.05, 3.63) is 0 Å². The number of amides is 1. The van der Waals surface area contributed by atoms with E-state index in [0.717, 1.165) is 0 Å². The van der Waals surface area contributed by atoms with E-state index in [4.69, 9.17) is 33.2 Å². The van der Waals surface area contributed by atoms with Crippen LogP contribution < -0.4 is 0 Å². The summed E-state index contributed by atoms with van der Waals surface area (Å²) in [4.78, 5) is 37.8. The van der Waals surface area contributed by atoms with Gasteiger partial charge in [0.1, 0.15) is 12.2 Å². The first-order chi connectivity index (χ1) is 14.1. The van der Waals surface area contributed by atoms with Crippen LogP contribution in [0.25, 0.3) is 0 Å². The zero-order valence-electron chi connectivity index (χ0n) is 18.8. The molecule has 6 atom stereocenters. The Bertz CT molecular complexity index is 600. The molecule has 1 aliphatic heterocycles. The van der Waals surface area contributed by atoms with Gasteiger partial charge in [0.2, 0.25) is 5.91 Å². The molecule has 11 heteroatoms. The summed E-state index contributed by atoms with van der Waals surface area (Å²) in [6.07, 6.45) is -3.55. The maximum atomic E-state index is 12.6. The highest BCUT2D eigenvalue weighted by Gasteiger charge is 2.58. The summed E-state index contributed by atoms with van der Waals surface area (Å²) in [6, 6.07) is -0.694. The Morgan fingerprint density at radius 1 is 1.13 bits per heavy atom. The van der Waals surface area contributed by atoms with Crippen LogP contribution >= 0.6 is 0 Å². The van der Waals surface area contributed by atoms with Gasteiger partial charge in [0.25, 0.3) is 5.79 Å². The minimum atomic E-state index is -1.81. The van der Waals surface area contributed by atoms with Gasteiger partial charge in [-0.2, -0.15) is 0 Å². The third-order valence-electron chi connectivity index (χ3n) is 5.20. The molecule has 1 fully saturated rings. The number of hydrogen-bond donors (Lipinski definition) is 0. The summed E-state index contributed by atoms with van der Waals surface area (Å²) < 4.78 is 38.2. The zero-order chi connectivity index (χ0) is 23.1. The van der Waals surface area contributed by atoms with Gasteiger partial charge >= 0.3 is 11.9 Å². The molecule has 0 bridgehead atoms. The smallest absolute Gasteiger partial charge is 0.366 e. The lowest BCUT2D eigenvalue weighted by atomic mass is 9.87. The second-order valence-electron chi connectivity index (χ2n) is 6.93. The van der Waals surface area contributed by atoms with E-state index in [1.165, 1.54) is 54.3 Å². The minimum Gasteiger partial charge on any atom is -0.465 e. The highest BCUT2D eigenvalue weighted by atomic mass is 16.7. The molecule has 0 N–H and O–H groups in total. The summed E-state index contributed by atoms with van der Waals surface area (Å²) in [5.74, 6) is -3.39. The summed E-state index contributed by atoms with van der Waals surface area (Å²) in [6.45, 7) is 2.63. The highest BCUT2D eigenvalue weighted by molar-refractivity contribution is 5.78. The van der Waals surface area contributed by atoms with Crippen molar-refractivity contribution in [3.8, 4) is 0 Å². The first-order valence-corrected chi connectivity index (χ1v) is 9.38. The van der Waals surface area contributed by atoms with Crippen LogP contribution in [0, 0.1) is 0 Å². The van der Waals surface area contributed by atoms with Gasteiger partial charge in [-0.25, -0.2) is 4.79 Å². The average Bonchev–Trinajstić information content (AvgIpc) is 2.71. The summed E-state index contributed by atoms with van der Waals surface area (Å²) in [5.41, 5.74) is 0. The second kappa shape index (κ2) is 11.6. The summed E-state index contributed by atoms with van der Waals surface area (Å²) >= 11 is 0. The van der Waals surface area contributed by atoms with Crippen LogP contribution in [0.4, 0.5) is 0 Å². The number of nitrogens with zero attached hydrogens (tertiary/aromatic N) is 1. The summed E-state index contributed by atoms with van der Waals surface area (Å²) in [7, 11) is 8.38. The van der Waals surface area contributed by atoms with Crippen molar-refractivity contribution in [1.29, 1.82) is 0 Å². The summed E-state index contributed by atoms with van der Waals surface area (Å²) in [5, 5.41) is 0. The minimum absolute atomic E-state index is 0.00962. The van der Waals surface area contributed by atoms with Crippen LogP contribution in [0.3, 0.4) is 0 Å². The number of carbonyl (C=O) groups excluding carboxylic acids is 3. The van der Waals surface area contributed by atoms with E-state index in [1.54, 1.807) is 7.05 Å². The Labute approximate surface area is 176 Å². The molecule has 11 nitrogen and oxygen atoms in total. The van der Waals surface area contributed by atoms with Gasteiger partial charge in [0.05, 0.1) is 25.9 Å². The fourth-order valence-electron chi connectivity index (χ4n) is 3.67. The molecule has 0 aromatic rings. The van der Waals surface area contributed by atoms with Gasteiger partial charge in [0.15, 0.2) is 6.10 Å². The average molecular weight is 435 g/mol. The normalized spacial score (nSPS) is 28.3. The van der Waals surface area contributed by atoms with Crippen molar-refractivity contribution in [2.24, 2.45) is 0 Å². The van der Waals surface area contributed by atoms with Gasteiger partial charge in [-0.1, -0.05) is 0 Å². The number of carbonyl (C=O) groups is 3. The van der Waals surface area contributed by atoms with E-state index in [9.17, 15) is 14.4 Å². The third-order valence-corrected chi connectivity index (χ3v) is 5.20. The van der Waals surface area contributed by atoms with E-state index in [-0.39, 0.29) is 18.9 Å². The molecule has 1 saturated heterocycles. The first kappa shape index (κ1) is 26.2. The lowest BCUT2D eigenvalue weighted by Crippen LogP contribution is -2.68. The van der Waals surface area contributed by atoms with Crippen LogP contribution in [0.2, 0.25) is 0 Å². The predicted octanol–water partition coefficient (Wildman–Crippen LogP) is -0.254. The number of hydrogen-bond acceptors (Lipinski definition) is 10. The predicted molar refractivity (Wildman–Crippen MR) is 103 cm³/mol. The van der Waals surface area contributed by atoms with Crippen LogP contribution in [-0.4, -0.2) is 108 Å². The molecule has 0 aromatic carbocycles. The number of esters is 2. The fourth-order valence-corrected chi connectivity index (χ4v) is 3.67. The standard InChI is InChI=1S/C19H33NO10/c1-11(21)20(3)15-13(25-5)9-19(28-8,18(23)27-7)30-17(15)16(26-6)14(10-24-4)29-12(2)22/h13-17H,9-10H2,1-8H3/t13-,14+,15+,16-,17+,19?/m0/s1. The Morgan fingerprint density at radius 2 is 1.77 bits per heavy atom. The Balaban J connectivity index is 3.54. The van der Waals surface area contributed by atoms with Crippen LogP contribution in [0.1, 0.15) is 20.3 Å². The van der Waals surface area contributed by atoms with Gasteiger partial charge in [-0.3, -0.25) is 9.59 Å². The maximum absolute atomic E-state index is 12.6. The highest BCUT2D eigenvalue weighted by Crippen LogP contribution is 2.37. The van der Waals surface area contributed by atoms with Crippen LogP contribution in [-0.2, 0) is 47.5 Å². The molecule has 1 heterocycles. The van der Waals surface area contributed by atoms with E-state index >= 15 is 0 Å². The Morgan fingerprint density at radius 3 is 2.17 bits per heavy atom. The third kappa shape index (κ3) is 5.67. The van der Waals surface area contributed by atoms with Crippen molar-refractivity contribution in [2.75, 3.05) is 49.2 Å². The van der Waals surface area contributed by atoms with Gasteiger partial charge < -0.3 is 38.1 Å². The molecule has 174 valence electrons. The van der Waals surface area contributed by atoms with E-state index < -0.39 is 48.2 Å². The molecule has 0 spiro atoms. The molecule has 0 aromatic heterocycles. The van der Waals surface area contributed by atoms with Crippen LogP contribution in [0.5, 0.6) is 0 Å². The Hall–Kier alpha value is -1.79. The molecular weight excluding hydrogens is 402 g/mol. The lowest BCUT2D eigenvalue weighted by molar-refractivity contribution is -0.315. The largest absolute Gasteiger partial charge is 0.465 e. The van der Waals surface area contributed by atoms with Crippen molar-refractivity contribution >= 4 is 17.8 Å². The van der Waals surface area contributed by atoms with Gasteiger partial charge in [-0.15, -0.1) is 0 Å². The zero-order valence-corrected chi connectivity index (χ0v) is 18.8. The quantitative estimate of drug-likeness (QED) is 0.425. The molecule has 1 aliphatic rings. The lowest BCUT2D eigenvalue weighted by Gasteiger charge is -2.50. The molecule has 0 saturated carbocycles. The second-order valence-corrected chi connectivity index (χ2v) is 6.93.